The van der Waals surface area contributed by atoms with E-state index in [0.717, 1.165) is 30.0 Å². The topological polar surface area (TPSA) is 58.1 Å². The van der Waals surface area contributed by atoms with Crippen LogP contribution < -0.4 is 10.2 Å². The third-order valence-electron chi connectivity index (χ3n) is 6.10. The Morgan fingerprint density at radius 3 is 2.27 bits per heavy atom. The maximum atomic E-state index is 13.3. The zero-order valence-corrected chi connectivity index (χ0v) is 22.7. The Balaban J connectivity index is 1.46. The lowest BCUT2D eigenvalue weighted by Gasteiger charge is -2.20. The summed E-state index contributed by atoms with van der Waals surface area (Å²) in [7, 11) is 0. The van der Waals surface area contributed by atoms with Crippen LogP contribution >= 0.6 is 23.4 Å². The number of anilines is 1. The highest BCUT2D eigenvalue weighted by molar-refractivity contribution is 7.98. The molecule has 4 rings (SSSR count). The van der Waals surface area contributed by atoms with Crippen LogP contribution in [-0.4, -0.2) is 29.0 Å². The molecule has 190 valence electrons. The van der Waals surface area contributed by atoms with Crippen LogP contribution in [0.1, 0.15) is 46.9 Å². The molecule has 1 N–H and O–H groups in total. The summed E-state index contributed by atoms with van der Waals surface area (Å²) >= 11 is 7.78. The van der Waals surface area contributed by atoms with Gasteiger partial charge >= 0.3 is 0 Å². The molecule has 1 aromatic heterocycles. The van der Waals surface area contributed by atoms with Crippen molar-refractivity contribution in [3.63, 3.8) is 0 Å². The first-order chi connectivity index (χ1) is 18.1. The van der Waals surface area contributed by atoms with Gasteiger partial charge < -0.3 is 10.2 Å². The number of nitrogens with zero attached hydrogens (tertiary/aromatic N) is 3. The third kappa shape index (κ3) is 7.57. The van der Waals surface area contributed by atoms with E-state index in [2.05, 4.69) is 58.3 Å². The molecule has 1 unspecified atom stereocenters. The summed E-state index contributed by atoms with van der Waals surface area (Å²) in [4.78, 5) is 24.5. The molecule has 0 aliphatic rings. The number of carbonyl (C=O) groups is 1. The third-order valence-corrected chi connectivity index (χ3v) is 7.21. The van der Waals surface area contributed by atoms with Crippen LogP contribution in [0.15, 0.2) is 96.2 Å². The molecule has 37 heavy (non-hydrogen) atoms. The van der Waals surface area contributed by atoms with Crippen molar-refractivity contribution in [3.05, 3.63) is 118 Å². The molecule has 0 aliphatic heterocycles. The maximum Gasteiger partial charge on any atom is 0.251 e. The van der Waals surface area contributed by atoms with Crippen LogP contribution in [0.2, 0.25) is 5.15 Å². The monoisotopic (exact) mass is 530 g/mol. The zero-order valence-electron chi connectivity index (χ0n) is 21.1. The highest BCUT2D eigenvalue weighted by Crippen LogP contribution is 2.25. The molecule has 1 heterocycles. The summed E-state index contributed by atoms with van der Waals surface area (Å²) < 4.78 is 0. The van der Waals surface area contributed by atoms with Crippen molar-refractivity contribution in [3.8, 4) is 0 Å². The number of hydrogen-bond donors (Lipinski definition) is 1. The Bertz CT molecular complexity index is 1300. The van der Waals surface area contributed by atoms with Crippen molar-refractivity contribution in [2.75, 3.05) is 18.0 Å². The predicted molar refractivity (Wildman–Crippen MR) is 153 cm³/mol. The lowest BCUT2D eigenvalue weighted by atomic mass is 9.98. The molecule has 7 heteroatoms. The minimum atomic E-state index is -0.132. The van der Waals surface area contributed by atoms with E-state index >= 15 is 0 Å². The molecule has 1 atom stereocenters. The van der Waals surface area contributed by atoms with E-state index in [1.807, 2.05) is 60.7 Å². The highest BCUT2D eigenvalue weighted by Gasteiger charge is 2.17. The Morgan fingerprint density at radius 2 is 1.57 bits per heavy atom. The number of rotatable bonds is 11. The number of halogens is 1. The van der Waals surface area contributed by atoms with Crippen molar-refractivity contribution in [1.29, 1.82) is 0 Å². The summed E-state index contributed by atoms with van der Waals surface area (Å²) in [5.74, 6) is 1.36. The molecular formula is C30H31ClN4OS. The van der Waals surface area contributed by atoms with E-state index in [4.69, 9.17) is 11.6 Å². The Hall–Kier alpha value is -3.35. The first-order valence-electron chi connectivity index (χ1n) is 12.5. The van der Waals surface area contributed by atoms with Crippen LogP contribution in [-0.2, 0) is 12.2 Å². The van der Waals surface area contributed by atoms with Crippen LogP contribution in [0, 0.1) is 0 Å². The zero-order chi connectivity index (χ0) is 26.0. The summed E-state index contributed by atoms with van der Waals surface area (Å²) in [6.45, 7) is 5.87. The minimum absolute atomic E-state index is 0.0977. The van der Waals surface area contributed by atoms with Gasteiger partial charge in [0.15, 0.2) is 5.16 Å². The molecule has 0 saturated heterocycles. The van der Waals surface area contributed by atoms with Crippen molar-refractivity contribution in [1.82, 2.24) is 15.3 Å². The van der Waals surface area contributed by atoms with Crippen molar-refractivity contribution >= 4 is 35.1 Å². The van der Waals surface area contributed by atoms with Gasteiger partial charge in [0.25, 0.3) is 5.91 Å². The van der Waals surface area contributed by atoms with E-state index in [1.54, 1.807) is 6.07 Å². The standard InChI is InChI=1S/C30H31ClN4OS/c1-3-35(4-2)28-20-27(31)33-30(34-28)37-21-23-14-11-17-25(18-23)29(36)32-26(24-15-9-6-10-16-24)19-22-12-7-5-8-13-22/h5-18,20,26H,3-4,19,21H2,1-2H3,(H,32,36). The first kappa shape index (κ1) is 26.7. The fourth-order valence-electron chi connectivity index (χ4n) is 4.14. The van der Waals surface area contributed by atoms with E-state index < -0.39 is 0 Å². The number of benzene rings is 3. The number of nitrogens with one attached hydrogen (secondary N) is 1. The first-order valence-corrected chi connectivity index (χ1v) is 13.8. The lowest BCUT2D eigenvalue weighted by molar-refractivity contribution is 0.0936. The van der Waals surface area contributed by atoms with Gasteiger partial charge in [0.1, 0.15) is 11.0 Å². The van der Waals surface area contributed by atoms with Gasteiger partial charge in [-0.2, -0.15) is 0 Å². The summed E-state index contributed by atoms with van der Waals surface area (Å²) in [6.07, 6.45) is 0.715. The number of hydrogen-bond acceptors (Lipinski definition) is 5. The van der Waals surface area contributed by atoms with Crippen LogP contribution in [0.5, 0.6) is 0 Å². The normalized spacial score (nSPS) is 11.6. The predicted octanol–water partition coefficient (Wildman–Crippen LogP) is 6.98. The Morgan fingerprint density at radius 1 is 0.892 bits per heavy atom. The van der Waals surface area contributed by atoms with Crippen molar-refractivity contribution in [2.24, 2.45) is 0 Å². The summed E-state index contributed by atoms with van der Waals surface area (Å²) in [5, 5.41) is 4.30. The lowest BCUT2D eigenvalue weighted by Crippen LogP contribution is -2.30. The second kappa shape index (κ2) is 13.3. The van der Waals surface area contributed by atoms with Gasteiger partial charge in [-0.25, -0.2) is 9.97 Å². The smallest absolute Gasteiger partial charge is 0.251 e. The second-order valence-electron chi connectivity index (χ2n) is 8.62. The van der Waals surface area contributed by atoms with Gasteiger partial charge in [-0.15, -0.1) is 0 Å². The minimum Gasteiger partial charge on any atom is -0.357 e. The van der Waals surface area contributed by atoms with Gasteiger partial charge in [0.2, 0.25) is 0 Å². The molecular weight excluding hydrogens is 500 g/mol. The SMILES string of the molecule is CCN(CC)c1cc(Cl)nc(SCc2cccc(C(=O)NC(Cc3ccccc3)c3ccccc3)c2)n1. The van der Waals surface area contributed by atoms with E-state index in [-0.39, 0.29) is 11.9 Å². The molecule has 5 nitrogen and oxygen atoms in total. The number of thioether (sulfide) groups is 1. The van der Waals surface area contributed by atoms with E-state index in [0.29, 0.717) is 28.0 Å². The summed E-state index contributed by atoms with van der Waals surface area (Å²) in [6, 6.07) is 29.7. The molecule has 0 bridgehead atoms. The Labute approximate surface area is 228 Å². The van der Waals surface area contributed by atoms with Gasteiger partial charge in [-0.1, -0.05) is 96.2 Å². The van der Waals surface area contributed by atoms with Crippen LogP contribution in [0.25, 0.3) is 0 Å². The average Bonchev–Trinajstić information content (AvgIpc) is 2.93. The fraction of sp³-hybridized carbons (Fsp3) is 0.233. The summed E-state index contributed by atoms with van der Waals surface area (Å²) in [5.41, 5.74) is 3.90. The molecule has 0 spiro atoms. The van der Waals surface area contributed by atoms with Gasteiger partial charge in [0.05, 0.1) is 6.04 Å². The molecule has 4 aromatic rings. The van der Waals surface area contributed by atoms with Crippen molar-refractivity contribution in [2.45, 2.75) is 37.2 Å². The quantitative estimate of drug-likeness (QED) is 0.129. The largest absolute Gasteiger partial charge is 0.357 e. The van der Waals surface area contributed by atoms with E-state index in [1.165, 1.54) is 17.3 Å². The Kier molecular flexibility index (Phi) is 9.58. The van der Waals surface area contributed by atoms with Gasteiger partial charge in [-0.3, -0.25) is 4.79 Å². The molecule has 0 fully saturated rings. The average molecular weight is 531 g/mol. The second-order valence-corrected chi connectivity index (χ2v) is 9.95. The molecule has 3 aromatic carbocycles. The molecule has 0 aliphatic carbocycles. The number of amides is 1. The van der Waals surface area contributed by atoms with E-state index in [9.17, 15) is 4.79 Å². The van der Waals surface area contributed by atoms with Gasteiger partial charge in [-0.05, 0) is 49.1 Å². The van der Waals surface area contributed by atoms with Crippen LogP contribution in [0.4, 0.5) is 5.82 Å². The molecule has 0 radical (unpaired) electrons. The molecule has 0 saturated carbocycles. The van der Waals surface area contributed by atoms with Gasteiger partial charge in [0, 0.05) is 30.5 Å². The number of carbonyl (C=O) groups excluding carboxylic acids is 1. The fourth-order valence-corrected chi connectivity index (χ4v) is 5.16. The highest BCUT2D eigenvalue weighted by atomic mass is 35.5. The number of aromatic nitrogens is 2. The van der Waals surface area contributed by atoms with Crippen molar-refractivity contribution < 1.29 is 4.79 Å². The molecule has 1 amide bonds. The maximum absolute atomic E-state index is 13.3. The van der Waals surface area contributed by atoms with Crippen LogP contribution in [0.3, 0.4) is 0 Å².